The van der Waals surface area contributed by atoms with Gasteiger partial charge in [0.25, 0.3) is 0 Å². The molecule has 1 aliphatic rings. The van der Waals surface area contributed by atoms with E-state index >= 15 is 0 Å². The fourth-order valence-corrected chi connectivity index (χ4v) is 2.93. The van der Waals surface area contributed by atoms with Crippen molar-refractivity contribution in [2.45, 2.75) is 31.2 Å². The van der Waals surface area contributed by atoms with Crippen molar-refractivity contribution in [3.63, 3.8) is 0 Å². The number of anilines is 1. The van der Waals surface area contributed by atoms with Crippen LogP contribution in [0.1, 0.15) is 25.7 Å². The first kappa shape index (κ1) is 13.3. The lowest BCUT2D eigenvalue weighted by Crippen LogP contribution is -2.48. The van der Waals surface area contributed by atoms with Crippen LogP contribution in [0.15, 0.2) is 30.5 Å². The van der Waals surface area contributed by atoms with E-state index in [9.17, 15) is 4.79 Å². The van der Waals surface area contributed by atoms with Gasteiger partial charge in [-0.25, -0.2) is 0 Å². The SMILES string of the molecule is NC1(C(=O)Nc2ccc(Cl)c3cccnc23)CCCC1. The lowest BCUT2D eigenvalue weighted by Gasteiger charge is -2.22. The number of aromatic nitrogens is 1. The van der Waals surface area contributed by atoms with Gasteiger partial charge in [0.2, 0.25) is 5.91 Å². The third-order valence-electron chi connectivity index (χ3n) is 3.91. The molecule has 0 bridgehead atoms. The fourth-order valence-electron chi connectivity index (χ4n) is 2.72. The Kier molecular flexibility index (Phi) is 3.36. The van der Waals surface area contributed by atoms with Gasteiger partial charge in [-0.15, -0.1) is 0 Å². The lowest BCUT2D eigenvalue weighted by atomic mass is 9.98. The van der Waals surface area contributed by atoms with E-state index in [1.807, 2.05) is 12.1 Å². The van der Waals surface area contributed by atoms with E-state index in [-0.39, 0.29) is 5.91 Å². The van der Waals surface area contributed by atoms with Crippen LogP contribution in [0, 0.1) is 0 Å². The molecule has 0 spiro atoms. The van der Waals surface area contributed by atoms with Gasteiger partial charge >= 0.3 is 0 Å². The van der Waals surface area contributed by atoms with Crippen molar-refractivity contribution in [2.75, 3.05) is 5.32 Å². The molecule has 3 rings (SSSR count). The Morgan fingerprint density at radius 2 is 2.05 bits per heavy atom. The van der Waals surface area contributed by atoms with Gasteiger partial charge in [0.1, 0.15) is 0 Å². The average molecular weight is 290 g/mol. The summed E-state index contributed by atoms with van der Waals surface area (Å²) in [5, 5.41) is 4.35. The zero-order valence-electron chi connectivity index (χ0n) is 11.0. The van der Waals surface area contributed by atoms with Gasteiger partial charge in [0, 0.05) is 11.6 Å². The summed E-state index contributed by atoms with van der Waals surface area (Å²) >= 11 is 6.14. The predicted molar refractivity (Wildman–Crippen MR) is 80.8 cm³/mol. The molecular formula is C15H16ClN3O. The van der Waals surface area contributed by atoms with E-state index in [1.54, 1.807) is 18.3 Å². The maximum absolute atomic E-state index is 12.4. The summed E-state index contributed by atoms with van der Waals surface area (Å²) in [4.78, 5) is 16.7. The number of nitrogens with two attached hydrogens (primary N) is 1. The van der Waals surface area contributed by atoms with Crippen molar-refractivity contribution in [3.05, 3.63) is 35.5 Å². The van der Waals surface area contributed by atoms with Crippen LogP contribution in [0.4, 0.5) is 5.69 Å². The van der Waals surface area contributed by atoms with Crippen LogP contribution in [0.2, 0.25) is 5.02 Å². The van der Waals surface area contributed by atoms with E-state index < -0.39 is 5.54 Å². The van der Waals surface area contributed by atoms with Gasteiger partial charge in [-0.05, 0) is 37.1 Å². The molecule has 1 fully saturated rings. The molecule has 0 saturated heterocycles. The number of nitrogens with one attached hydrogen (secondary N) is 1. The zero-order valence-corrected chi connectivity index (χ0v) is 11.8. The molecule has 1 aromatic carbocycles. The quantitative estimate of drug-likeness (QED) is 0.892. The summed E-state index contributed by atoms with van der Waals surface area (Å²) in [6.07, 6.45) is 5.16. The first-order chi connectivity index (χ1) is 9.60. The monoisotopic (exact) mass is 289 g/mol. The molecule has 0 atom stereocenters. The first-order valence-electron chi connectivity index (χ1n) is 6.74. The number of benzene rings is 1. The highest BCUT2D eigenvalue weighted by atomic mass is 35.5. The van der Waals surface area contributed by atoms with Crippen LogP contribution in [0.5, 0.6) is 0 Å². The highest BCUT2D eigenvalue weighted by molar-refractivity contribution is 6.36. The number of carbonyl (C=O) groups is 1. The van der Waals surface area contributed by atoms with Gasteiger partial charge < -0.3 is 11.1 Å². The van der Waals surface area contributed by atoms with E-state index in [0.717, 1.165) is 31.1 Å². The minimum Gasteiger partial charge on any atom is -0.323 e. The van der Waals surface area contributed by atoms with E-state index in [4.69, 9.17) is 17.3 Å². The number of rotatable bonds is 2. The van der Waals surface area contributed by atoms with E-state index in [0.29, 0.717) is 16.2 Å². The molecule has 1 heterocycles. The third-order valence-corrected chi connectivity index (χ3v) is 4.24. The maximum atomic E-state index is 12.4. The Hall–Kier alpha value is -1.65. The molecule has 1 amide bonds. The van der Waals surface area contributed by atoms with Gasteiger partial charge in [0.05, 0.1) is 21.8 Å². The van der Waals surface area contributed by atoms with Crippen molar-refractivity contribution in [3.8, 4) is 0 Å². The number of hydrogen-bond donors (Lipinski definition) is 2. The number of amides is 1. The van der Waals surface area contributed by atoms with E-state index in [1.165, 1.54) is 0 Å². The van der Waals surface area contributed by atoms with Crippen LogP contribution in [-0.4, -0.2) is 16.4 Å². The summed E-state index contributed by atoms with van der Waals surface area (Å²) in [6, 6.07) is 7.24. The number of carbonyl (C=O) groups excluding carboxylic acids is 1. The van der Waals surface area contributed by atoms with Gasteiger partial charge in [-0.1, -0.05) is 24.4 Å². The van der Waals surface area contributed by atoms with Crippen LogP contribution < -0.4 is 11.1 Å². The molecule has 3 N–H and O–H groups in total. The normalized spacial score (nSPS) is 17.3. The molecule has 0 radical (unpaired) electrons. The molecule has 1 saturated carbocycles. The largest absolute Gasteiger partial charge is 0.323 e. The summed E-state index contributed by atoms with van der Waals surface area (Å²) in [5.74, 6) is -0.135. The molecule has 0 unspecified atom stereocenters. The Morgan fingerprint density at radius 1 is 1.30 bits per heavy atom. The Morgan fingerprint density at radius 3 is 2.80 bits per heavy atom. The summed E-state index contributed by atoms with van der Waals surface area (Å²) < 4.78 is 0. The van der Waals surface area contributed by atoms with Gasteiger partial charge in [-0.2, -0.15) is 0 Å². The number of pyridine rings is 1. The van der Waals surface area contributed by atoms with Crippen molar-refractivity contribution in [1.29, 1.82) is 0 Å². The third kappa shape index (κ3) is 2.25. The van der Waals surface area contributed by atoms with Gasteiger partial charge in [-0.3, -0.25) is 9.78 Å². The van der Waals surface area contributed by atoms with Gasteiger partial charge in [0.15, 0.2) is 0 Å². The zero-order chi connectivity index (χ0) is 14.2. The standard InChI is InChI=1S/C15H16ClN3O/c16-11-5-6-12(13-10(11)4-3-9-18-13)19-14(20)15(17)7-1-2-8-15/h3-6,9H,1-2,7-8,17H2,(H,19,20). The van der Waals surface area contributed by atoms with Crippen LogP contribution in [0.25, 0.3) is 10.9 Å². The first-order valence-corrected chi connectivity index (χ1v) is 7.11. The topological polar surface area (TPSA) is 68.0 Å². The van der Waals surface area contributed by atoms with Crippen molar-refractivity contribution >= 4 is 34.1 Å². The maximum Gasteiger partial charge on any atom is 0.244 e. The fraction of sp³-hybridized carbons (Fsp3) is 0.333. The summed E-state index contributed by atoms with van der Waals surface area (Å²) in [7, 11) is 0. The molecule has 1 aliphatic carbocycles. The highest BCUT2D eigenvalue weighted by Gasteiger charge is 2.37. The summed E-state index contributed by atoms with van der Waals surface area (Å²) in [6.45, 7) is 0. The summed E-state index contributed by atoms with van der Waals surface area (Å²) in [5.41, 5.74) is 6.77. The van der Waals surface area contributed by atoms with Crippen molar-refractivity contribution in [2.24, 2.45) is 5.73 Å². The second-order valence-electron chi connectivity index (χ2n) is 5.31. The molecule has 104 valence electrons. The van der Waals surface area contributed by atoms with Crippen LogP contribution in [-0.2, 0) is 4.79 Å². The molecular weight excluding hydrogens is 274 g/mol. The minimum absolute atomic E-state index is 0.135. The molecule has 2 aromatic rings. The molecule has 0 aliphatic heterocycles. The molecule has 1 aromatic heterocycles. The number of fused-ring (bicyclic) bond motifs is 1. The number of nitrogens with zero attached hydrogens (tertiary/aromatic N) is 1. The van der Waals surface area contributed by atoms with Crippen LogP contribution >= 0.6 is 11.6 Å². The van der Waals surface area contributed by atoms with E-state index in [2.05, 4.69) is 10.3 Å². The molecule has 20 heavy (non-hydrogen) atoms. The number of halogens is 1. The minimum atomic E-state index is -0.749. The van der Waals surface area contributed by atoms with Crippen LogP contribution in [0.3, 0.4) is 0 Å². The number of hydrogen-bond acceptors (Lipinski definition) is 3. The van der Waals surface area contributed by atoms with Crippen molar-refractivity contribution in [1.82, 2.24) is 4.98 Å². The smallest absolute Gasteiger partial charge is 0.244 e. The highest BCUT2D eigenvalue weighted by Crippen LogP contribution is 2.31. The molecule has 5 heteroatoms. The Labute approximate surface area is 122 Å². The average Bonchev–Trinajstić information content (AvgIpc) is 2.90. The second-order valence-corrected chi connectivity index (χ2v) is 5.72. The molecule has 4 nitrogen and oxygen atoms in total. The second kappa shape index (κ2) is 5.04. The lowest BCUT2D eigenvalue weighted by molar-refractivity contribution is -0.120. The Balaban J connectivity index is 1.95. The van der Waals surface area contributed by atoms with Crippen molar-refractivity contribution < 1.29 is 4.79 Å². The Bertz CT molecular complexity index is 665. The predicted octanol–water partition coefficient (Wildman–Crippen LogP) is 3.10.